The van der Waals surface area contributed by atoms with Crippen molar-refractivity contribution in [3.8, 4) is 5.75 Å². The van der Waals surface area contributed by atoms with Crippen LogP contribution in [0.15, 0.2) is 29.3 Å². The Labute approximate surface area is 182 Å². The van der Waals surface area contributed by atoms with Crippen molar-refractivity contribution in [3.05, 3.63) is 29.8 Å². The third-order valence-electron chi connectivity index (χ3n) is 6.03. The molecule has 1 N–H and O–H groups in total. The Morgan fingerprint density at radius 3 is 2.40 bits per heavy atom. The second kappa shape index (κ2) is 12.8. The molecule has 1 saturated carbocycles. The first-order chi connectivity index (χ1) is 14.8. The Balaban J connectivity index is 1.38. The van der Waals surface area contributed by atoms with Crippen LogP contribution >= 0.6 is 0 Å². The summed E-state index contributed by atoms with van der Waals surface area (Å²) in [6.07, 6.45) is 10.1. The molecule has 1 heterocycles. The highest BCUT2D eigenvalue weighted by molar-refractivity contribution is 5.79. The van der Waals surface area contributed by atoms with E-state index >= 15 is 0 Å². The summed E-state index contributed by atoms with van der Waals surface area (Å²) in [6.45, 7) is 4.27. The molecule has 0 bridgehead atoms. The molecular weight excluding hydrogens is 378 g/mol. The van der Waals surface area contributed by atoms with Crippen molar-refractivity contribution in [3.63, 3.8) is 0 Å². The number of ether oxygens (including phenoxy) is 3. The Hall–Kier alpha value is -1.79. The number of benzene rings is 1. The van der Waals surface area contributed by atoms with Crippen LogP contribution in [0.25, 0.3) is 0 Å². The molecule has 2 aliphatic rings. The first-order valence-corrected chi connectivity index (χ1v) is 11.6. The zero-order valence-electron chi connectivity index (χ0n) is 18.8. The number of nitrogens with zero attached hydrogens (tertiary/aromatic N) is 2. The van der Waals surface area contributed by atoms with Crippen molar-refractivity contribution in [1.29, 1.82) is 0 Å². The van der Waals surface area contributed by atoms with Crippen LogP contribution < -0.4 is 10.1 Å². The maximum absolute atomic E-state index is 6.13. The highest BCUT2D eigenvalue weighted by Crippen LogP contribution is 2.23. The van der Waals surface area contributed by atoms with Crippen LogP contribution in [-0.4, -0.2) is 63.5 Å². The predicted molar refractivity (Wildman–Crippen MR) is 121 cm³/mol. The van der Waals surface area contributed by atoms with Gasteiger partial charge in [0.2, 0.25) is 0 Å². The minimum Gasteiger partial charge on any atom is -0.490 e. The van der Waals surface area contributed by atoms with Gasteiger partial charge in [0.25, 0.3) is 0 Å². The van der Waals surface area contributed by atoms with Crippen molar-refractivity contribution in [2.45, 2.75) is 70.1 Å². The number of rotatable bonds is 9. The molecule has 30 heavy (non-hydrogen) atoms. The van der Waals surface area contributed by atoms with Gasteiger partial charge in [-0.25, -0.2) is 0 Å². The Morgan fingerprint density at radius 2 is 1.73 bits per heavy atom. The predicted octanol–water partition coefficient (Wildman–Crippen LogP) is 3.99. The lowest BCUT2D eigenvalue weighted by Gasteiger charge is -2.34. The van der Waals surface area contributed by atoms with Gasteiger partial charge >= 0.3 is 0 Å². The summed E-state index contributed by atoms with van der Waals surface area (Å²) in [4.78, 5) is 6.81. The van der Waals surface area contributed by atoms with Crippen LogP contribution in [0.3, 0.4) is 0 Å². The van der Waals surface area contributed by atoms with Crippen molar-refractivity contribution in [2.24, 2.45) is 4.99 Å². The maximum Gasteiger partial charge on any atom is 0.193 e. The van der Waals surface area contributed by atoms with Crippen molar-refractivity contribution >= 4 is 5.96 Å². The van der Waals surface area contributed by atoms with Crippen LogP contribution in [0.2, 0.25) is 0 Å². The second-order valence-corrected chi connectivity index (χ2v) is 8.33. The molecule has 1 aliphatic heterocycles. The van der Waals surface area contributed by atoms with E-state index in [2.05, 4.69) is 39.5 Å². The minimum absolute atomic E-state index is 0.355. The fraction of sp³-hybridized carbons (Fsp3) is 0.708. The molecule has 0 amide bonds. The van der Waals surface area contributed by atoms with E-state index in [1.54, 1.807) is 7.11 Å². The first-order valence-electron chi connectivity index (χ1n) is 11.6. The van der Waals surface area contributed by atoms with Gasteiger partial charge in [-0.05, 0) is 62.6 Å². The van der Waals surface area contributed by atoms with Crippen molar-refractivity contribution in [1.82, 2.24) is 10.2 Å². The summed E-state index contributed by atoms with van der Waals surface area (Å²) >= 11 is 0. The van der Waals surface area contributed by atoms with Gasteiger partial charge in [0.1, 0.15) is 5.75 Å². The lowest BCUT2D eigenvalue weighted by atomic mass is 9.98. The standard InChI is InChI=1S/C24H39N3O3/c1-25-24(27-15-13-21(14-16-27)29-18-6-17-28-2)26-19-20-9-11-23(12-10-20)30-22-7-4-3-5-8-22/h9-12,21-22H,3-8,13-19H2,1-2H3,(H,25,26). The molecular formula is C24H39N3O3. The van der Waals surface area contributed by atoms with Crippen LogP contribution in [0, 0.1) is 0 Å². The molecule has 0 atom stereocenters. The number of nitrogens with one attached hydrogen (secondary N) is 1. The summed E-state index contributed by atoms with van der Waals surface area (Å²) in [6, 6.07) is 8.50. The summed E-state index contributed by atoms with van der Waals surface area (Å²) in [5, 5.41) is 3.51. The number of guanidine groups is 1. The van der Waals surface area contributed by atoms with Crippen LogP contribution in [0.1, 0.15) is 56.9 Å². The van der Waals surface area contributed by atoms with Gasteiger partial charge in [-0.2, -0.15) is 0 Å². The minimum atomic E-state index is 0.355. The van der Waals surface area contributed by atoms with Crippen molar-refractivity contribution in [2.75, 3.05) is 40.5 Å². The topological polar surface area (TPSA) is 55.3 Å². The zero-order chi connectivity index (χ0) is 21.0. The zero-order valence-corrected chi connectivity index (χ0v) is 18.8. The summed E-state index contributed by atoms with van der Waals surface area (Å²) < 4.78 is 17.2. The molecule has 1 aromatic rings. The van der Waals surface area contributed by atoms with E-state index in [0.717, 1.165) is 63.8 Å². The van der Waals surface area contributed by atoms with Crippen LogP contribution in [-0.2, 0) is 16.0 Å². The summed E-state index contributed by atoms with van der Waals surface area (Å²) in [5.74, 6) is 1.96. The van der Waals surface area contributed by atoms with E-state index in [1.807, 2.05) is 7.05 Å². The Kier molecular flexibility index (Phi) is 9.77. The number of likely N-dealkylation sites (tertiary alicyclic amines) is 1. The molecule has 1 saturated heterocycles. The normalized spacial score (nSPS) is 19.1. The quantitative estimate of drug-likeness (QED) is 0.374. The fourth-order valence-corrected chi connectivity index (χ4v) is 4.26. The molecule has 6 heteroatoms. The smallest absolute Gasteiger partial charge is 0.193 e. The lowest BCUT2D eigenvalue weighted by Crippen LogP contribution is -2.46. The van der Waals surface area contributed by atoms with Gasteiger partial charge in [0.05, 0.1) is 12.2 Å². The maximum atomic E-state index is 6.13. The van der Waals surface area contributed by atoms with Gasteiger partial charge in [-0.15, -0.1) is 0 Å². The van der Waals surface area contributed by atoms with Gasteiger partial charge in [0, 0.05) is 47.0 Å². The highest BCUT2D eigenvalue weighted by atomic mass is 16.5. The number of piperidine rings is 1. The van der Waals surface area contributed by atoms with Gasteiger partial charge in [-0.1, -0.05) is 18.6 Å². The molecule has 0 unspecified atom stereocenters. The molecule has 0 aromatic heterocycles. The fourth-order valence-electron chi connectivity index (χ4n) is 4.26. The Morgan fingerprint density at radius 1 is 1.00 bits per heavy atom. The second-order valence-electron chi connectivity index (χ2n) is 8.33. The molecule has 0 spiro atoms. The largest absolute Gasteiger partial charge is 0.490 e. The number of methoxy groups -OCH3 is 1. The van der Waals surface area contributed by atoms with E-state index in [9.17, 15) is 0 Å². The van der Waals surface area contributed by atoms with Gasteiger partial charge in [-0.3, -0.25) is 4.99 Å². The highest BCUT2D eigenvalue weighted by Gasteiger charge is 2.21. The molecule has 6 nitrogen and oxygen atoms in total. The van der Waals surface area contributed by atoms with E-state index in [-0.39, 0.29) is 0 Å². The first kappa shape index (κ1) is 22.9. The SMILES string of the molecule is CN=C(NCc1ccc(OC2CCCCC2)cc1)N1CCC(OCCCOC)CC1. The van der Waals surface area contributed by atoms with Gasteiger partial charge in [0.15, 0.2) is 5.96 Å². The molecule has 168 valence electrons. The van der Waals surface area contributed by atoms with E-state index in [4.69, 9.17) is 14.2 Å². The third kappa shape index (κ3) is 7.47. The summed E-state index contributed by atoms with van der Waals surface area (Å²) in [7, 11) is 3.59. The number of hydrogen-bond acceptors (Lipinski definition) is 4. The average Bonchev–Trinajstić information content (AvgIpc) is 2.80. The van der Waals surface area contributed by atoms with E-state index < -0.39 is 0 Å². The number of hydrogen-bond donors (Lipinski definition) is 1. The van der Waals surface area contributed by atoms with Crippen LogP contribution in [0.5, 0.6) is 5.75 Å². The Bertz CT molecular complexity index is 621. The van der Waals surface area contributed by atoms with Crippen LogP contribution in [0.4, 0.5) is 0 Å². The molecule has 1 aromatic carbocycles. The third-order valence-corrected chi connectivity index (χ3v) is 6.03. The molecule has 0 radical (unpaired) electrons. The average molecular weight is 418 g/mol. The lowest BCUT2D eigenvalue weighted by molar-refractivity contribution is 0.00989. The van der Waals surface area contributed by atoms with Crippen molar-refractivity contribution < 1.29 is 14.2 Å². The van der Waals surface area contributed by atoms with E-state index in [1.165, 1.54) is 37.7 Å². The van der Waals surface area contributed by atoms with E-state index in [0.29, 0.717) is 12.2 Å². The monoisotopic (exact) mass is 417 g/mol. The summed E-state index contributed by atoms with van der Waals surface area (Å²) in [5.41, 5.74) is 1.24. The molecule has 2 fully saturated rings. The molecule has 1 aliphatic carbocycles. The number of aliphatic imine (C=N–C) groups is 1. The van der Waals surface area contributed by atoms with Gasteiger partial charge < -0.3 is 24.4 Å². The molecule has 3 rings (SSSR count).